The number of aryl methyl sites for hydroxylation is 2. The fourth-order valence-corrected chi connectivity index (χ4v) is 3.46. The summed E-state index contributed by atoms with van der Waals surface area (Å²) >= 11 is 0. The SMILES string of the molecule is Cl.NC1(c2noc(CCn3c(=O)[nH]c(=O)c4ccccc43)n2)CCCC1. The first-order valence-corrected chi connectivity index (χ1v) is 8.41. The minimum atomic E-state index is -0.497. The fraction of sp³-hybridized carbons (Fsp3) is 0.412. The molecule has 1 aliphatic rings. The third-order valence-electron chi connectivity index (χ3n) is 4.86. The number of aromatic amines is 1. The van der Waals surface area contributed by atoms with Gasteiger partial charge >= 0.3 is 5.69 Å². The van der Waals surface area contributed by atoms with Crippen molar-refractivity contribution < 1.29 is 4.52 Å². The van der Waals surface area contributed by atoms with Crippen LogP contribution in [0.1, 0.15) is 37.4 Å². The second-order valence-electron chi connectivity index (χ2n) is 6.55. The van der Waals surface area contributed by atoms with Crippen LogP contribution in [0.2, 0.25) is 0 Å². The number of H-pyrrole nitrogens is 1. The molecular formula is C17H20ClN5O3. The summed E-state index contributed by atoms with van der Waals surface area (Å²) in [5.41, 5.74) is 5.59. The highest BCUT2D eigenvalue weighted by Crippen LogP contribution is 2.34. The van der Waals surface area contributed by atoms with Gasteiger partial charge in [0.2, 0.25) is 5.89 Å². The molecule has 0 amide bonds. The number of benzene rings is 1. The maximum atomic E-state index is 12.2. The predicted molar refractivity (Wildman–Crippen MR) is 98.4 cm³/mol. The topological polar surface area (TPSA) is 120 Å². The van der Waals surface area contributed by atoms with Crippen LogP contribution in [0.25, 0.3) is 10.9 Å². The van der Waals surface area contributed by atoms with Gasteiger partial charge < -0.3 is 10.3 Å². The summed E-state index contributed by atoms with van der Waals surface area (Å²) < 4.78 is 6.82. The Hall–Kier alpha value is -2.45. The van der Waals surface area contributed by atoms with E-state index in [0.717, 1.165) is 25.7 Å². The maximum absolute atomic E-state index is 12.2. The second-order valence-corrected chi connectivity index (χ2v) is 6.55. The summed E-state index contributed by atoms with van der Waals surface area (Å²) in [5, 5.41) is 4.50. The van der Waals surface area contributed by atoms with E-state index in [1.54, 1.807) is 24.3 Å². The van der Waals surface area contributed by atoms with Gasteiger partial charge in [0, 0.05) is 13.0 Å². The van der Waals surface area contributed by atoms with Gasteiger partial charge in [-0.15, -0.1) is 12.4 Å². The predicted octanol–water partition coefficient (Wildman–Crippen LogP) is 1.47. The normalized spacial score (nSPS) is 15.9. The molecule has 8 nitrogen and oxygen atoms in total. The molecule has 0 bridgehead atoms. The van der Waals surface area contributed by atoms with Crippen LogP contribution in [0.3, 0.4) is 0 Å². The molecule has 2 heterocycles. The Morgan fingerprint density at radius 1 is 1.23 bits per heavy atom. The molecule has 0 aliphatic heterocycles. The molecule has 0 radical (unpaired) electrons. The van der Waals surface area contributed by atoms with E-state index in [9.17, 15) is 9.59 Å². The third-order valence-corrected chi connectivity index (χ3v) is 4.86. The Morgan fingerprint density at radius 3 is 2.73 bits per heavy atom. The first-order chi connectivity index (χ1) is 12.1. The van der Waals surface area contributed by atoms with Crippen molar-refractivity contribution in [1.82, 2.24) is 19.7 Å². The van der Waals surface area contributed by atoms with Crippen molar-refractivity contribution >= 4 is 23.3 Å². The van der Waals surface area contributed by atoms with Gasteiger partial charge in [-0.3, -0.25) is 14.3 Å². The molecule has 0 atom stereocenters. The first kappa shape index (κ1) is 18.3. The smallest absolute Gasteiger partial charge is 0.328 e. The summed E-state index contributed by atoms with van der Waals surface area (Å²) in [6, 6.07) is 6.99. The number of hydrogen-bond donors (Lipinski definition) is 2. The minimum absolute atomic E-state index is 0. The minimum Gasteiger partial charge on any atom is -0.339 e. The van der Waals surface area contributed by atoms with E-state index in [0.29, 0.717) is 35.6 Å². The summed E-state index contributed by atoms with van der Waals surface area (Å²) in [6.45, 7) is 0.329. The van der Waals surface area contributed by atoms with E-state index >= 15 is 0 Å². The van der Waals surface area contributed by atoms with Crippen molar-refractivity contribution in [3.63, 3.8) is 0 Å². The van der Waals surface area contributed by atoms with E-state index in [1.165, 1.54) is 4.57 Å². The van der Waals surface area contributed by atoms with Gasteiger partial charge in [-0.25, -0.2) is 4.79 Å². The van der Waals surface area contributed by atoms with Crippen LogP contribution < -0.4 is 17.0 Å². The molecule has 26 heavy (non-hydrogen) atoms. The van der Waals surface area contributed by atoms with Crippen molar-refractivity contribution in [2.75, 3.05) is 0 Å². The Morgan fingerprint density at radius 2 is 1.96 bits per heavy atom. The van der Waals surface area contributed by atoms with Gasteiger partial charge in [0.25, 0.3) is 5.56 Å². The van der Waals surface area contributed by atoms with Crippen molar-refractivity contribution in [3.05, 3.63) is 56.8 Å². The van der Waals surface area contributed by atoms with Gasteiger partial charge in [-0.2, -0.15) is 4.98 Å². The number of nitrogens with zero attached hydrogens (tertiary/aromatic N) is 3. The highest BCUT2D eigenvalue weighted by molar-refractivity contribution is 5.85. The lowest BCUT2D eigenvalue weighted by Gasteiger charge is -2.17. The molecule has 3 N–H and O–H groups in total. The van der Waals surface area contributed by atoms with Gasteiger partial charge in [0.1, 0.15) is 0 Å². The Bertz CT molecular complexity index is 1030. The number of aromatic nitrogens is 4. The number of nitrogens with two attached hydrogens (primary N) is 1. The zero-order valence-electron chi connectivity index (χ0n) is 14.1. The largest absolute Gasteiger partial charge is 0.339 e. The van der Waals surface area contributed by atoms with E-state index in [2.05, 4.69) is 15.1 Å². The first-order valence-electron chi connectivity index (χ1n) is 8.41. The lowest BCUT2D eigenvalue weighted by atomic mass is 9.99. The summed E-state index contributed by atoms with van der Waals surface area (Å²) in [7, 11) is 0. The Kier molecular flexibility index (Phi) is 4.97. The van der Waals surface area contributed by atoms with Crippen molar-refractivity contribution in [2.45, 2.75) is 44.2 Å². The zero-order chi connectivity index (χ0) is 17.4. The molecule has 1 saturated carbocycles. The second kappa shape index (κ2) is 7.05. The quantitative estimate of drug-likeness (QED) is 0.710. The van der Waals surface area contributed by atoms with Crippen LogP contribution in [0.5, 0.6) is 0 Å². The number of rotatable bonds is 4. The van der Waals surface area contributed by atoms with Crippen LogP contribution in [-0.2, 0) is 18.5 Å². The number of halogens is 1. The van der Waals surface area contributed by atoms with E-state index in [1.807, 2.05) is 0 Å². The molecule has 4 rings (SSSR count). The molecular weight excluding hydrogens is 358 g/mol. The highest BCUT2D eigenvalue weighted by atomic mass is 35.5. The van der Waals surface area contributed by atoms with Crippen LogP contribution in [-0.4, -0.2) is 19.7 Å². The number of nitrogens with one attached hydrogen (secondary N) is 1. The third kappa shape index (κ3) is 3.17. The molecule has 1 aromatic carbocycles. The van der Waals surface area contributed by atoms with Gasteiger partial charge in [0.15, 0.2) is 5.82 Å². The fourth-order valence-electron chi connectivity index (χ4n) is 3.46. The lowest BCUT2D eigenvalue weighted by Crippen LogP contribution is -2.34. The maximum Gasteiger partial charge on any atom is 0.328 e. The van der Waals surface area contributed by atoms with Crippen molar-refractivity contribution in [1.29, 1.82) is 0 Å². The van der Waals surface area contributed by atoms with Crippen molar-refractivity contribution in [3.8, 4) is 0 Å². The summed E-state index contributed by atoms with van der Waals surface area (Å²) in [5.74, 6) is 0.979. The number of para-hydroxylation sites is 1. The highest BCUT2D eigenvalue weighted by Gasteiger charge is 2.35. The summed E-state index contributed by atoms with van der Waals surface area (Å²) in [4.78, 5) is 30.8. The van der Waals surface area contributed by atoms with Crippen LogP contribution in [0.15, 0.2) is 38.4 Å². The van der Waals surface area contributed by atoms with Gasteiger partial charge in [0.05, 0.1) is 16.4 Å². The zero-order valence-corrected chi connectivity index (χ0v) is 14.9. The Balaban J connectivity index is 0.00000196. The van der Waals surface area contributed by atoms with E-state index in [4.69, 9.17) is 10.3 Å². The van der Waals surface area contributed by atoms with Gasteiger partial charge in [-0.1, -0.05) is 30.1 Å². The average molecular weight is 378 g/mol. The molecule has 2 aromatic heterocycles. The molecule has 0 saturated heterocycles. The van der Waals surface area contributed by atoms with E-state index < -0.39 is 11.2 Å². The lowest BCUT2D eigenvalue weighted by molar-refractivity contribution is 0.345. The monoisotopic (exact) mass is 377 g/mol. The van der Waals surface area contributed by atoms with Crippen molar-refractivity contribution in [2.24, 2.45) is 5.73 Å². The molecule has 138 valence electrons. The molecule has 9 heteroatoms. The standard InChI is InChI=1S/C17H19N5O3.ClH/c18-17(8-3-4-9-17)15-19-13(25-21-15)7-10-22-12-6-2-1-5-11(12)14(23)20-16(22)24;/h1-2,5-6H,3-4,7-10,18H2,(H,20,23,24);1H. The van der Waals surface area contributed by atoms with Crippen LogP contribution in [0, 0.1) is 0 Å². The number of hydrogen-bond acceptors (Lipinski definition) is 6. The summed E-state index contributed by atoms with van der Waals surface area (Å²) in [6.07, 6.45) is 4.24. The molecule has 0 unspecified atom stereocenters. The number of fused-ring (bicyclic) bond motifs is 1. The van der Waals surface area contributed by atoms with Gasteiger partial charge in [-0.05, 0) is 25.0 Å². The Labute approximate surface area is 154 Å². The van der Waals surface area contributed by atoms with Crippen LogP contribution >= 0.6 is 12.4 Å². The molecule has 0 spiro atoms. The molecule has 1 fully saturated rings. The molecule has 3 aromatic rings. The average Bonchev–Trinajstić information content (AvgIpc) is 3.25. The van der Waals surface area contributed by atoms with Crippen LogP contribution in [0.4, 0.5) is 0 Å². The van der Waals surface area contributed by atoms with E-state index in [-0.39, 0.29) is 18.0 Å². The molecule has 1 aliphatic carbocycles.